The van der Waals surface area contributed by atoms with Crippen LogP contribution in [0, 0.1) is 5.82 Å². The van der Waals surface area contributed by atoms with Crippen LogP contribution < -0.4 is 15.4 Å². The average molecular weight is 655 g/mol. The number of hydrogen-bond donors (Lipinski definition) is 2. The molecule has 2 heterocycles. The Hall–Kier alpha value is -4.33. The van der Waals surface area contributed by atoms with Gasteiger partial charge in [-0.05, 0) is 43.5 Å². The van der Waals surface area contributed by atoms with Crippen molar-refractivity contribution in [1.29, 1.82) is 0 Å². The Morgan fingerprint density at radius 3 is 2.54 bits per heavy atom. The van der Waals surface area contributed by atoms with E-state index in [0.29, 0.717) is 66.6 Å². The van der Waals surface area contributed by atoms with Gasteiger partial charge in [-0.15, -0.1) is 0 Å². The zero-order valence-corrected chi connectivity index (χ0v) is 26.4. The molecule has 46 heavy (non-hydrogen) atoms. The van der Waals surface area contributed by atoms with Gasteiger partial charge in [0.05, 0.1) is 43.0 Å². The number of nitrogens with zero attached hydrogens (tertiary/aromatic N) is 4. The molecule has 12 nitrogen and oxygen atoms in total. The molecule has 1 aliphatic carbocycles. The third-order valence-corrected chi connectivity index (χ3v) is 8.35. The Kier molecular flexibility index (Phi) is 11.0. The maximum Gasteiger partial charge on any atom is 0.323 e. The number of nitrogens with one attached hydrogen (secondary N) is 2. The highest BCUT2D eigenvalue weighted by molar-refractivity contribution is 6.31. The Morgan fingerprint density at radius 1 is 1.09 bits per heavy atom. The van der Waals surface area contributed by atoms with E-state index < -0.39 is 23.8 Å². The monoisotopic (exact) mass is 654 g/mol. The Labute approximate surface area is 270 Å². The zero-order chi connectivity index (χ0) is 32.6. The third kappa shape index (κ3) is 8.27. The number of halogens is 2. The summed E-state index contributed by atoms with van der Waals surface area (Å²) >= 11 is 5.96. The van der Waals surface area contributed by atoms with Crippen molar-refractivity contribution in [3.8, 4) is 5.75 Å². The molecule has 1 saturated heterocycles. The van der Waals surface area contributed by atoms with Gasteiger partial charge in [-0.3, -0.25) is 24.2 Å². The zero-order valence-electron chi connectivity index (χ0n) is 25.6. The van der Waals surface area contributed by atoms with Crippen LogP contribution in [-0.2, 0) is 23.9 Å². The summed E-state index contributed by atoms with van der Waals surface area (Å²) in [6.07, 6.45) is 7.61. The highest BCUT2D eigenvalue weighted by Gasteiger charge is 2.32. The maximum absolute atomic E-state index is 13.7. The SMILES string of the molecule is COC(=O)CC(C(=O)OC)N1CCN(CC=CC(=O)Nc2cc3c(Nc4ccc(F)c(Cl)c4)ncnc3cc2OC2CCC2)CC1. The summed E-state index contributed by atoms with van der Waals surface area (Å²) in [6.45, 7) is 2.91. The summed E-state index contributed by atoms with van der Waals surface area (Å²) in [5, 5.41) is 6.69. The van der Waals surface area contributed by atoms with E-state index in [0.717, 1.165) is 19.3 Å². The molecule has 1 saturated carbocycles. The molecule has 3 aromatic rings. The first-order valence-electron chi connectivity index (χ1n) is 15.0. The number of amides is 1. The van der Waals surface area contributed by atoms with Crippen molar-refractivity contribution < 1.29 is 33.0 Å². The van der Waals surface area contributed by atoms with Crippen molar-refractivity contribution in [3.63, 3.8) is 0 Å². The number of hydrogen-bond acceptors (Lipinski definition) is 11. The fourth-order valence-corrected chi connectivity index (χ4v) is 5.42. The molecule has 0 spiro atoms. The van der Waals surface area contributed by atoms with E-state index in [1.54, 1.807) is 24.3 Å². The van der Waals surface area contributed by atoms with Crippen LogP contribution in [0.2, 0.25) is 5.02 Å². The molecule has 14 heteroatoms. The van der Waals surface area contributed by atoms with E-state index >= 15 is 0 Å². The second-order valence-electron chi connectivity index (χ2n) is 11.1. The molecule has 1 unspecified atom stereocenters. The second-order valence-corrected chi connectivity index (χ2v) is 11.5. The van der Waals surface area contributed by atoms with Gasteiger partial charge in [-0.2, -0.15) is 0 Å². The van der Waals surface area contributed by atoms with Crippen molar-refractivity contribution in [2.45, 2.75) is 37.8 Å². The van der Waals surface area contributed by atoms with Gasteiger partial charge in [-0.25, -0.2) is 14.4 Å². The molecule has 0 bridgehead atoms. The van der Waals surface area contributed by atoms with Crippen LogP contribution in [0.25, 0.3) is 10.9 Å². The lowest BCUT2D eigenvalue weighted by atomic mass is 9.96. The molecule has 1 aromatic heterocycles. The van der Waals surface area contributed by atoms with Crippen molar-refractivity contribution in [3.05, 3.63) is 59.7 Å². The number of fused-ring (bicyclic) bond motifs is 1. The molecule has 2 fully saturated rings. The normalized spacial score (nSPS) is 16.5. The highest BCUT2D eigenvalue weighted by Crippen LogP contribution is 2.36. The molecule has 1 amide bonds. The first-order chi connectivity index (χ1) is 22.2. The smallest absolute Gasteiger partial charge is 0.323 e. The third-order valence-electron chi connectivity index (χ3n) is 8.06. The van der Waals surface area contributed by atoms with Crippen LogP contribution in [0.1, 0.15) is 25.7 Å². The molecule has 1 atom stereocenters. The van der Waals surface area contributed by atoms with Crippen LogP contribution in [0.15, 0.2) is 48.8 Å². The Morgan fingerprint density at radius 2 is 1.87 bits per heavy atom. The number of carbonyl (C=O) groups excluding carboxylic acids is 3. The van der Waals surface area contributed by atoms with Gasteiger partial charge in [0.2, 0.25) is 5.91 Å². The molecule has 244 valence electrons. The summed E-state index contributed by atoms with van der Waals surface area (Å²) in [5.74, 6) is -0.847. The Bertz CT molecular complexity index is 1610. The van der Waals surface area contributed by atoms with Crippen LogP contribution in [0.4, 0.5) is 21.6 Å². The van der Waals surface area contributed by atoms with Crippen LogP contribution in [-0.4, -0.2) is 96.7 Å². The minimum Gasteiger partial charge on any atom is -0.488 e. The standard InChI is InChI=1S/C32H36ClFN6O6/c1-44-30(42)18-27(32(43)45-2)40-13-11-39(12-14-40)10-4-7-29(41)38-26-16-22-25(17-28(26)46-21-5-3-6-21)35-19-36-31(22)37-20-8-9-24(34)23(33)15-20/h4,7-9,15-17,19,21,27H,3,5-6,10-14,18H2,1-2H3,(H,38,41)(H,35,36,37). The summed E-state index contributed by atoms with van der Waals surface area (Å²) in [7, 11) is 2.59. The number of rotatable bonds is 12. The molecule has 0 radical (unpaired) electrons. The number of piperazine rings is 1. The number of carbonyl (C=O) groups is 3. The summed E-state index contributed by atoms with van der Waals surface area (Å²) in [5.41, 5.74) is 1.62. The lowest BCUT2D eigenvalue weighted by molar-refractivity contribution is -0.154. The van der Waals surface area contributed by atoms with Crippen molar-refractivity contribution >= 4 is 57.5 Å². The largest absolute Gasteiger partial charge is 0.488 e. The number of ether oxygens (including phenoxy) is 3. The Balaban J connectivity index is 1.25. The summed E-state index contributed by atoms with van der Waals surface area (Å²) in [6, 6.07) is 7.12. The quantitative estimate of drug-likeness (QED) is 0.214. The molecule has 5 rings (SSSR count). The molecule has 2 aliphatic rings. The van der Waals surface area contributed by atoms with E-state index in [1.807, 2.05) is 4.90 Å². The second kappa shape index (κ2) is 15.3. The first-order valence-corrected chi connectivity index (χ1v) is 15.4. The van der Waals surface area contributed by atoms with Gasteiger partial charge in [0.1, 0.15) is 29.8 Å². The maximum atomic E-state index is 13.7. The van der Waals surface area contributed by atoms with E-state index in [1.165, 1.54) is 38.8 Å². The first kappa shape index (κ1) is 33.0. The number of anilines is 3. The predicted octanol–water partition coefficient (Wildman–Crippen LogP) is 4.31. The summed E-state index contributed by atoms with van der Waals surface area (Å²) < 4.78 is 29.5. The summed E-state index contributed by atoms with van der Waals surface area (Å²) in [4.78, 5) is 49.9. The van der Waals surface area contributed by atoms with Gasteiger partial charge in [0.15, 0.2) is 0 Å². The van der Waals surface area contributed by atoms with Gasteiger partial charge >= 0.3 is 11.9 Å². The van der Waals surface area contributed by atoms with Gasteiger partial charge in [-0.1, -0.05) is 17.7 Å². The van der Waals surface area contributed by atoms with Crippen molar-refractivity contribution in [1.82, 2.24) is 19.8 Å². The van der Waals surface area contributed by atoms with Crippen LogP contribution in [0.3, 0.4) is 0 Å². The molecular formula is C32H36ClFN6O6. The molecule has 2 aromatic carbocycles. The lowest BCUT2D eigenvalue weighted by Crippen LogP contribution is -2.53. The fourth-order valence-electron chi connectivity index (χ4n) is 5.24. The molecule has 1 aliphatic heterocycles. The number of methoxy groups -OCH3 is 2. The van der Waals surface area contributed by atoms with Gasteiger partial charge < -0.3 is 24.8 Å². The topological polar surface area (TPSA) is 135 Å². The predicted molar refractivity (Wildman–Crippen MR) is 171 cm³/mol. The van der Waals surface area contributed by atoms with Crippen LogP contribution in [0.5, 0.6) is 5.75 Å². The van der Waals surface area contributed by atoms with Crippen LogP contribution >= 0.6 is 11.6 Å². The average Bonchev–Trinajstić information content (AvgIpc) is 3.03. The van der Waals surface area contributed by atoms with Gasteiger partial charge in [0, 0.05) is 55.9 Å². The minimum absolute atomic E-state index is 0.0230. The van der Waals surface area contributed by atoms with E-state index in [-0.39, 0.29) is 23.5 Å². The highest BCUT2D eigenvalue weighted by atomic mass is 35.5. The van der Waals surface area contributed by atoms with Crippen molar-refractivity contribution in [2.24, 2.45) is 0 Å². The number of benzene rings is 2. The lowest BCUT2D eigenvalue weighted by Gasteiger charge is -2.37. The minimum atomic E-state index is -0.700. The fraction of sp³-hybridized carbons (Fsp3) is 0.406. The van der Waals surface area contributed by atoms with E-state index in [9.17, 15) is 18.8 Å². The van der Waals surface area contributed by atoms with E-state index in [4.69, 9.17) is 25.8 Å². The number of aromatic nitrogens is 2. The van der Waals surface area contributed by atoms with E-state index in [2.05, 4.69) is 25.5 Å². The van der Waals surface area contributed by atoms with Gasteiger partial charge in [0.25, 0.3) is 0 Å². The van der Waals surface area contributed by atoms with Crippen molar-refractivity contribution in [2.75, 3.05) is 57.6 Å². The molecule has 2 N–H and O–H groups in total. The molecular weight excluding hydrogens is 619 g/mol. The number of esters is 2.